The van der Waals surface area contributed by atoms with E-state index in [-0.39, 0.29) is 5.54 Å². The molecule has 0 fully saturated rings. The molecule has 0 aliphatic rings. The Morgan fingerprint density at radius 1 is 1.30 bits per heavy atom. The highest BCUT2D eigenvalue weighted by Crippen LogP contribution is 2.31. The number of benzene rings is 1. The second-order valence-corrected chi connectivity index (χ2v) is 5.93. The number of aryl methyl sites for hydroxylation is 1. The number of methoxy groups -OCH3 is 1. The minimum atomic E-state index is 0.0374. The molecule has 0 aliphatic carbocycles. The van der Waals surface area contributed by atoms with Crippen LogP contribution in [-0.2, 0) is 6.54 Å². The van der Waals surface area contributed by atoms with E-state index < -0.39 is 0 Å². The highest BCUT2D eigenvalue weighted by Gasteiger charge is 2.14. The van der Waals surface area contributed by atoms with Gasteiger partial charge >= 0.3 is 0 Å². The van der Waals surface area contributed by atoms with Crippen molar-refractivity contribution in [3.05, 3.63) is 35.9 Å². The van der Waals surface area contributed by atoms with Gasteiger partial charge in [0, 0.05) is 5.54 Å². The van der Waals surface area contributed by atoms with E-state index in [4.69, 9.17) is 9.15 Å². The highest BCUT2D eigenvalue weighted by molar-refractivity contribution is 5.66. The van der Waals surface area contributed by atoms with E-state index in [1.807, 2.05) is 25.1 Å². The largest absolute Gasteiger partial charge is 0.496 e. The van der Waals surface area contributed by atoms with Crippen LogP contribution in [0.15, 0.2) is 28.8 Å². The smallest absolute Gasteiger partial charge is 0.208 e. The van der Waals surface area contributed by atoms with Crippen molar-refractivity contribution >= 4 is 0 Å². The molecule has 4 heteroatoms. The Balaban J connectivity index is 2.22. The first-order valence-electron chi connectivity index (χ1n) is 6.74. The van der Waals surface area contributed by atoms with Gasteiger partial charge in [-0.3, -0.25) is 0 Å². The van der Waals surface area contributed by atoms with Crippen LogP contribution in [-0.4, -0.2) is 17.6 Å². The number of aromatic nitrogens is 1. The van der Waals surface area contributed by atoms with Crippen molar-refractivity contribution in [3.63, 3.8) is 0 Å². The van der Waals surface area contributed by atoms with Gasteiger partial charge in [0.25, 0.3) is 0 Å². The van der Waals surface area contributed by atoms with Crippen LogP contribution in [0.1, 0.15) is 32.2 Å². The maximum Gasteiger partial charge on any atom is 0.208 e. The van der Waals surface area contributed by atoms with E-state index in [1.165, 1.54) is 0 Å². The first-order chi connectivity index (χ1) is 9.39. The number of oxazole rings is 1. The van der Waals surface area contributed by atoms with Gasteiger partial charge in [0.15, 0.2) is 5.76 Å². The Labute approximate surface area is 120 Å². The van der Waals surface area contributed by atoms with Crippen molar-refractivity contribution in [3.8, 4) is 17.1 Å². The average molecular weight is 274 g/mol. The van der Waals surface area contributed by atoms with E-state index in [0.29, 0.717) is 12.4 Å². The first-order valence-corrected chi connectivity index (χ1v) is 6.74. The Morgan fingerprint density at radius 3 is 2.70 bits per heavy atom. The number of hydrogen-bond donors (Lipinski definition) is 1. The van der Waals surface area contributed by atoms with Gasteiger partial charge < -0.3 is 14.5 Å². The lowest BCUT2D eigenvalue weighted by Crippen LogP contribution is -2.35. The van der Waals surface area contributed by atoms with Crippen molar-refractivity contribution in [1.82, 2.24) is 10.3 Å². The van der Waals surface area contributed by atoms with Crippen LogP contribution in [0.2, 0.25) is 0 Å². The van der Waals surface area contributed by atoms with Crippen LogP contribution in [0.4, 0.5) is 0 Å². The topological polar surface area (TPSA) is 47.3 Å². The van der Waals surface area contributed by atoms with Crippen molar-refractivity contribution in [2.45, 2.75) is 39.8 Å². The summed E-state index contributed by atoms with van der Waals surface area (Å²) in [7, 11) is 1.66. The molecule has 1 aromatic carbocycles. The molecule has 4 nitrogen and oxygen atoms in total. The predicted octanol–water partition coefficient (Wildman–Crippen LogP) is 3.55. The zero-order valence-electron chi connectivity index (χ0n) is 12.8. The third-order valence-electron chi connectivity index (χ3n) is 2.94. The molecule has 0 saturated heterocycles. The number of nitrogens with zero attached hydrogens (tertiary/aromatic N) is 1. The maximum atomic E-state index is 5.81. The van der Waals surface area contributed by atoms with Crippen molar-refractivity contribution in [1.29, 1.82) is 0 Å². The van der Waals surface area contributed by atoms with Crippen LogP contribution >= 0.6 is 0 Å². The molecule has 0 unspecified atom stereocenters. The number of hydrogen-bond acceptors (Lipinski definition) is 4. The Kier molecular flexibility index (Phi) is 4.14. The molecule has 2 rings (SSSR count). The Bertz CT molecular complexity index is 582. The molecule has 0 aliphatic heterocycles. The zero-order chi connectivity index (χ0) is 14.8. The predicted molar refractivity (Wildman–Crippen MR) is 79.8 cm³/mol. The van der Waals surface area contributed by atoms with Gasteiger partial charge in [0.05, 0.1) is 25.4 Å². The fraction of sp³-hybridized carbons (Fsp3) is 0.438. The molecular formula is C16H22N2O2. The zero-order valence-corrected chi connectivity index (χ0v) is 12.8. The van der Waals surface area contributed by atoms with Gasteiger partial charge in [0.1, 0.15) is 5.75 Å². The molecule has 0 amide bonds. The van der Waals surface area contributed by atoms with Gasteiger partial charge in [-0.2, -0.15) is 0 Å². The van der Waals surface area contributed by atoms with Gasteiger partial charge in [-0.15, -0.1) is 0 Å². The molecule has 0 atom stereocenters. The van der Waals surface area contributed by atoms with Crippen LogP contribution in [0.25, 0.3) is 11.3 Å². The molecule has 20 heavy (non-hydrogen) atoms. The minimum absolute atomic E-state index is 0.0374. The molecule has 2 aromatic rings. The number of nitrogens with one attached hydrogen (secondary N) is 1. The van der Waals surface area contributed by atoms with Crippen LogP contribution in [0, 0.1) is 6.92 Å². The molecule has 1 heterocycles. The van der Waals surface area contributed by atoms with Gasteiger partial charge in [0.2, 0.25) is 5.89 Å². The Hall–Kier alpha value is -1.81. The summed E-state index contributed by atoms with van der Waals surface area (Å²) in [6.07, 6.45) is 1.75. The quantitative estimate of drug-likeness (QED) is 0.926. The van der Waals surface area contributed by atoms with Crippen molar-refractivity contribution in [2.75, 3.05) is 7.11 Å². The average Bonchev–Trinajstić information content (AvgIpc) is 2.84. The summed E-state index contributed by atoms with van der Waals surface area (Å²) in [6, 6.07) is 6.00. The summed E-state index contributed by atoms with van der Waals surface area (Å²) in [5.74, 6) is 2.21. The van der Waals surface area contributed by atoms with E-state index in [0.717, 1.165) is 22.6 Å². The summed E-state index contributed by atoms with van der Waals surface area (Å²) in [5.41, 5.74) is 2.13. The van der Waals surface area contributed by atoms with E-state index in [1.54, 1.807) is 13.3 Å². The lowest BCUT2D eigenvalue weighted by molar-refractivity contribution is 0.382. The summed E-state index contributed by atoms with van der Waals surface area (Å²) >= 11 is 0. The first kappa shape index (κ1) is 14.6. The van der Waals surface area contributed by atoms with Crippen molar-refractivity contribution < 1.29 is 9.15 Å². The summed E-state index contributed by atoms with van der Waals surface area (Å²) < 4.78 is 11.2. The molecule has 0 bridgehead atoms. The fourth-order valence-electron chi connectivity index (χ4n) is 1.87. The minimum Gasteiger partial charge on any atom is -0.496 e. The number of ether oxygens (including phenoxy) is 1. The van der Waals surface area contributed by atoms with Crippen LogP contribution in [0.3, 0.4) is 0 Å². The molecular weight excluding hydrogens is 252 g/mol. The van der Waals surface area contributed by atoms with Gasteiger partial charge in [-0.1, -0.05) is 11.6 Å². The summed E-state index contributed by atoms with van der Waals surface area (Å²) in [6.45, 7) is 8.99. The van der Waals surface area contributed by atoms with E-state index >= 15 is 0 Å². The summed E-state index contributed by atoms with van der Waals surface area (Å²) in [4.78, 5) is 4.32. The normalized spacial score (nSPS) is 11.7. The summed E-state index contributed by atoms with van der Waals surface area (Å²) in [5, 5.41) is 3.36. The van der Waals surface area contributed by atoms with Crippen molar-refractivity contribution in [2.24, 2.45) is 0 Å². The van der Waals surface area contributed by atoms with Crippen LogP contribution < -0.4 is 10.1 Å². The maximum absolute atomic E-state index is 5.81. The second kappa shape index (κ2) is 5.67. The lowest BCUT2D eigenvalue weighted by atomic mass is 10.1. The standard InChI is InChI=1S/C16H22N2O2/c1-11-6-7-13(19-5)12(8-11)14-9-17-15(20-14)10-18-16(2,3)4/h6-9,18H,10H2,1-5H3. The molecule has 108 valence electrons. The molecule has 0 saturated carbocycles. The van der Waals surface area contributed by atoms with Gasteiger partial charge in [-0.05, 0) is 39.8 Å². The third kappa shape index (κ3) is 3.61. The fourth-order valence-corrected chi connectivity index (χ4v) is 1.87. The third-order valence-corrected chi connectivity index (χ3v) is 2.94. The van der Waals surface area contributed by atoms with E-state index in [9.17, 15) is 0 Å². The van der Waals surface area contributed by atoms with Gasteiger partial charge in [-0.25, -0.2) is 4.98 Å². The molecule has 0 radical (unpaired) electrons. The molecule has 1 N–H and O–H groups in total. The van der Waals surface area contributed by atoms with Crippen LogP contribution in [0.5, 0.6) is 5.75 Å². The Morgan fingerprint density at radius 2 is 2.05 bits per heavy atom. The monoisotopic (exact) mass is 274 g/mol. The second-order valence-electron chi connectivity index (χ2n) is 5.93. The molecule has 0 spiro atoms. The lowest BCUT2D eigenvalue weighted by Gasteiger charge is -2.18. The highest BCUT2D eigenvalue weighted by atomic mass is 16.5. The van der Waals surface area contributed by atoms with E-state index in [2.05, 4.69) is 31.1 Å². The molecule has 1 aromatic heterocycles. The number of rotatable bonds is 4. The SMILES string of the molecule is COc1ccc(C)cc1-c1cnc(CNC(C)(C)C)o1.